The number of aliphatic imine (C=N–C) groups is 1. The van der Waals surface area contributed by atoms with Crippen LogP contribution in [0.1, 0.15) is 24.8 Å². The van der Waals surface area contributed by atoms with Gasteiger partial charge in [0.2, 0.25) is 0 Å². The molecule has 1 aromatic carbocycles. The number of hydrogen-bond donors (Lipinski definition) is 2. The van der Waals surface area contributed by atoms with E-state index in [-0.39, 0.29) is 5.82 Å². The molecular formula is C16H20FN5. The van der Waals surface area contributed by atoms with Gasteiger partial charge in [-0.1, -0.05) is 12.5 Å². The molecule has 1 saturated carbocycles. The van der Waals surface area contributed by atoms with Crippen molar-refractivity contribution in [3.05, 3.63) is 48.3 Å². The molecule has 3 rings (SSSR count). The van der Waals surface area contributed by atoms with Crippen molar-refractivity contribution in [3.63, 3.8) is 0 Å². The highest BCUT2D eigenvalue weighted by atomic mass is 19.1. The number of halogens is 1. The molecule has 0 atom stereocenters. The molecule has 5 nitrogen and oxygen atoms in total. The molecule has 0 saturated heterocycles. The number of imidazole rings is 1. The summed E-state index contributed by atoms with van der Waals surface area (Å²) in [5.41, 5.74) is 7.09. The highest BCUT2D eigenvalue weighted by Gasteiger charge is 2.16. The molecule has 1 heterocycles. The van der Waals surface area contributed by atoms with Crippen LogP contribution in [0.5, 0.6) is 0 Å². The molecule has 1 aliphatic rings. The number of rotatable bonds is 5. The largest absolute Gasteiger partial charge is 0.370 e. The number of benzene rings is 1. The van der Waals surface area contributed by atoms with Crippen molar-refractivity contribution in [2.24, 2.45) is 16.6 Å². The Bertz CT molecular complexity index is 647. The number of aromatic nitrogens is 2. The molecular weight excluding hydrogens is 281 g/mol. The Morgan fingerprint density at radius 3 is 2.95 bits per heavy atom. The van der Waals surface area contributed by atoms with Crippen LogP contribution in [0.25, 0.3) is 5.69 Å². The molecule has 6 heteroatoms. The van der Waals surface area contributed by atoms with E-state index in [0.717, 1.165) is 18.0 Å². The van der Waals surface area contributed by atoms with E-state index in [1.54, 1.807) is 29.4 Å². The van der Waals surface area contributed by atoms with Gasteiger partial charge in [-0.3, -0.25) is 0 Å². The first-order chi connectivity index (χ1) is 10.7. The van der Waals surface area contributed by atoms with Crippen molar-refractivity contribution in [2.75, 3.05) is 6.54 Å². The monoisotopic (exact) mass is 301 g/mol. The summed E-state index contributed by atoms with van der Waals surface area (Å²) in [6.45, 7) is 1.24. The molecule has 0 aliphatic heterocycles. The van der Waals surface area contributed by atoms with Crippen LogP contribution in [0.3, 0.4) is 0 Å². The average molecular weight is 301 g/mol. The van der Waals surface area contributed by atoms with E-state index in [1.807, 2.05) is 6.07 Å². The Hall–Kier alpha value is -2.37. The van der Waals surface area contributed by atoms with E-state index in [1.165, 1.54) is 25.3 Å². The highest BCUT2D eigenvalue weighted by Crippen LogP contribution is 2.25. The molecule has 3 N–H and O–H groups in total. The lowest BCUT2D eigenvalue weighted by atomic mass is 9.85. The van der Waals surface area contributed by atoms with Gasteiger partial charge in [-0.2, -0.15) is 0 Å². The second kappa shape index (κ2) is 6.60. The molecule has 0 unspecified atom stereocenters. The molecule has 1 aliphatic carbocycles. The highest BCUT2D eigenvalue weighted by molar-refractivity contribution is 5.77. The molecule has 2 aromatic rings. The summed E-state index contributed by atoms with van der Waals surface area (Å²) in [6, 6.07) is 5.05. The lowest BCUT2D eigenvalue weighted by molar-refractivity contribution is 0.315. The maximum Gasteiger partial charge on any atom is 0.188 e. The van der Waals surface area contributed by atoms with Gasteiger partial charge < -0.3 is 15.6 Å². The second-order valence-electron chi connectivity index (χ2n) is 5.64. The van der Waals surface area contributed by atoms with Crippen LogP contribution in [0.2, 0.25) is 0 Å². The number of guanidine groups is 1. The summed E-state index contributed by atoms with van der Waals surface area (Å²) in [4.78, 5) is 8.17. The zero-order valence-corrected chi connectivity index (χ0v) is 12.4. The molecule has 0 radical (unpaired) electrons. The van der Waals surface area contributed by atoms with Crippen LogP contribution in [-0.4, -0.2) is 22.1 Å². The summed E-state index contributed by atoms with van der Waals surface area (Å²) >= 11 is 0. The summed E-state index contributed by atoms with van der Waals surface area (Å²) in [5, 5.41) is 3.12. The number of hydrogen-bond acceptors (Lipinski definition) is 2. The molecule has 22 heavy (non-hydrogen) atoms. The lowest BCUT2D eigenvalue weighted by Gasteiger charge is -2.25. The summed E-state index contributed by atoms with van der Waals surface area (Å²) in [7, 11) is 0. The van der Waals surface area contributed by atoms with Crippen molar-refractivity contribution < 1.29 is 4.39 Å². The third-order valence-electron chi connectivity index (χ3n) is 4.02. The van der Waals surface area contributed by atoms with E-state index in [4.69, 9.17) is 5.73 Å². The van der Waals surface area contributed by atoms with Crippen LogP contribution in [0.4, 0.5) is 4.39 Å². The zero-order valence-electron chi connectivity index (χ0n) is 12.4. The van der Waals surface area contributed by atoms with E-state index >= 15 is 0 Å². The van der Waals surface area contributed by atoms with Gasteiger partial charge in [0.1, 0.15) is 5.82 Å². The quantitative estimate of drug-likeness (QED) is 0.657. The Balaban J connectivity index is 1.59. The predicted octanol–water partition coefficient (Wildman–Crippen LogP) is 2.22. The van der Waals surface area contributed by atoms with Gasteiger partial charge in [0.25, 0.3) is 0 Å². The first-order valence-electron chi connectivity index (χ1n) is 7.53. The van der Waals surface area contributed by atoms with E-state index in [2.05, 4.69) is 15.3 Å². The van der Waals surface area contributed by atoms with Crippen molar-refractivity contribution in [1.29, 1.82) is 0 Å². The van der Waals surface area contributed by atoms with Gasteiger partial charge in [0.15, 0.2) is 5.96 Å². The molecule has 0 spiro atoms. The third kappa shape index (κ3) is 3.44. The minimum absolute atomic E-state index is 0.299. The number of nitrogens with zero attached hydrogens (tertiary/aromatic N) is 3. The number of nitrogens with one attached hydrogen (secondary N) is 1. The molecule has 116 valence electrons. The van der Waals surface area contributed by atoms with Crippen molar-refractivity contribution in [2.45, 2.75) is 25.8 Å². The lowest BCUT2D eigenvalue weighted by Crippen LogP contribution is -2.37. The molecule has 1 aromatic heterocycles. The fourth-order valence-electron chi connectivity index (χ4n) is 2.44. The SMILES string of the molecule is NC(=NCc1ccc(-n2ccnc2)c(F)c1)NCC1CCC1. The van der Waals surface area contributed by atoms with Crippen LogP contribution in [0, 0.1) is 11.7 Å². The smallest absolute Gasteiger partial charge is 0.188 e. The minimum Gasteiger partial charge on any atom is -0.370 e. The van der Waals surface area contributed by atoms with E-state index in [9.17, 15) is 4.39 Å². The van der Waals surface area contributed by atoms with Crippen LogP contribution in [-0.2, 0) is 6.54 Å². The van der Waals surface area contributed by atoms with E-state index in [0.29, 0.717) is 18.2 Å². The number of nitrogens with two attached hydrogens (primary N) is 1. The molecule has 1 fully saturated rings. The molecule has 0 bridgehead atoms. The van der Waals surface area contributed by atoms with Gasteiger partial charge in [-0.05, 0) is 36.5 Å². The summed E-state index contributed by atoms with van der Waals surface area (Å²) in [5.74, 6) is 0.846. The van der Waals surface area contributed by atoms with Crippen LogP contribution < -0.4 is 11.1 Å². The summed E-state index contributed by atoms with van der Waals surface area (Å²) in [6.07, 6.45) is 8.73. The van der Waals surface area contributed by atoms with E-state index < -0.39 is 0 Å². The van der Waals surface area contributed by atoms with Crippen molar-refractivity contribution >= 4 is 5.96 Å². The maximum atomic E-state index is 14.1. The Morgan fingerprint density at radius 2 is 2.32 bits per heavy atom. The van der Waals surface area contributed by atoms with Gasteiger partial charge in [-0.15, -0.1) is 0 Å². The Morgan fingerprint density at radius 1 is 1.45 bits per heavy atom. The second-order valence-corrected chi connectivity index (χ2v) is 5.64. The first kappa shape index (κ1) is 14.6. The van der Waals surface area contributed by atoms with Crippen molar-refractivity contribution in [1.82, 2.24) is 14.9 Å². The standard InChI is InChI=1S/C16H20FN5/c17-14-8-13(4-5-15(14)22-7-6-19-11-22)10-21-16(18)20-9-12-2-1-3-12/h4-8,11-12H,1-3,9-10H2,(H3,18,20,21). The maximum absolute atomic E-state index is 14.1. The fraction of sp³-hybridized carbons (Fsp3) is 0.375. The van der Waals surface area contributed by atoms with Crippen LogP contribution >= 0.6 is 0 Å². The normalized spacial score (nSPS) is 15.6. The topological polar surface area (TPSA) is 68.2 Å². The third-order valence-corrected chi connectivity index (χ3v) is 4.02. The summed E-state index contributed by atoms with van der Waals surface area (Å²) < 4.78 is 15.7. The van der Waals surface area contributed by atoms with Crippen molar-refractivity contribution in [3.8, 4) is 5.69 Å². The predicted molar refractivity (Wildman–Crippen MR) is 84.2 cm³/mol. The Kier molecular flexibility index (Phi) is 4.37. The first-order valence-corrected chi connectivity index (χ1v) is 7.53. The molecule has 0 amide bonds. The Labute approximate surface area is 129 Å². The zero-order chi connectivity index (χ0) is 15.4. The minimum atomic E-state index is -0.299. The average Bonchev–Trinajstić information content (AvgIpc) is 2.97. The van der Waals surface area contributed by atoms with Gasteiger partial charge in [0.05, 0.1) is 18.6 Å². The van der Waals surface area contributed by atoms with Crippen LogP contribution in [0.15, 0.2) is 41.9 Å². The van der Waals surface area contributed by atoms with Gasteiger partial charge in [-0.25, -0.2) is 14.4 Å². The fourth-order valence-corrected chi connectivity index (χ4v) is 2.44. The van der Waals surface area contributed by atoms with Gasteiger partial charge >= 0.3 is 0 Å². The van der Waals surface area contributed by atoms with Gasteiger partial charge in [0, 0.05) is 18.9 Å².